The normalized spacial score (nSPS) is 12.5. The number of hydrogen-bond donors (Lipinski definition) is 2. The van der Waals surface area contributed by atoms with Gasteiger partial charge in [0.25, 0.3) is 0 Å². The van der Waals surface area contributed by atoms with Gasteiger partial charge in [-0.15, -0.1) is 0 Å². The topological polar surface area (TPSA) is 38.0 Å². The summed E-state index contributed by atoms with van der Waals surface area (Å²) in [5, 5.41) is 0. The van der Waals surface area contributed by atoms with E-state index in [1.165, 1.54) is 12.1 Å². The zero-order valence-electron chi connectivity index (χ0n) is 10.3. The molecule has 0 amide bonds. The summed E-state index contributed by atoms with van der Waals surface area (Å²) < 4.78 is 27.7. The molecule has 0 aliphatic heterocycles. The molecule has 2 aromatic rings. The third-order valence-corrected chi connectivity index (χ3v) is 4.06. The Kier molecular flexibility index (Phi) is 4.29. The fourth-order valence-electron chi connectivity index (χ4n) is 1.98. The Labute approximate surface area is 118 Å². The zero-order chi connectivity index (χ0) is 14.0. The van der Waals surface area contributed by atoms with Crippen LogP contribution < -0.4 is 11.3 Å². The molecule has 2 nitrogen and oxygen atoms in total. The highest BCUT2D eigenvalue weighted by Crippen LogP contribution is 2.31. The van der Waals surface area contributed by atoms with Crippen molar-refractivity contribution >= 4 is 15.9 Å². The third kappa shape index (κ3) is 2.83. The number of hydrogen-bond acceptors (Lipinski definition) is 2. The van der Waals surface area contributed by atoms with E-state index >= 15 is 0 Å². The van der Waals surface area contributed by atoms with Crippen molar-refractivity contribution in [1.29, 1.82) is 0 Å². The molecule has 19 heavy (non-hydrogen) atoms. The monoisotopic (exact) mass is 326 g/mol. The van der Waals surface area contributed by atoms with Crippen molar-refractivity contribution in [3.8, 4) is 0 Å². The molecular weight excluding hydrogens is 314 g/mol. The summed E-state index contributed by atoms with van der Waals surface area (Å²) >= 11 is 3.47. The number of halogens is 3. The van der Waals surface area contributed by atoms with Crippen molar-refractivity contribution in [1.82, 2.24) is 5.43 Å². The fraction of sp³-hybridized carbons (Fsp3) is 0.143. The number of rotatable bonds is 3. The maximum atomic E-state index is 13.9. The van der Waals surface area contributed by atoms with Crippen molar-refractivity contribution in [3.63, 3.8) is 0 Å². The first-order chi connectivity index (χ1) is 9.04. The summed E-state index contributed by atoms with van der Waals surface area (Å²) in [6.45, 7) is 1.93. The second-order valence-corrected chi connectivity index (χ2v) is 5.04. The van der Waals surface area contributed by atoms with Gasteiger partial charge in [0.1, 0.15) is 11.6 Å². The van der Waals surface area contributed by atoms with E-state index in [1.54, 1.807) is 0 Å². The highest BCUT2D eigenvalue weighted by atomic mass is 79.9. The van der Waals surface area contributed by atoms with E-state index in [9.17, 15) is 8.78 Å². The Hall–Kier alpha value is -1.30. The average molecular weight is 327 g/mol. The van der Waals surface area contributed by atoms with Crippen molar-refractivity contribution in [3.05, 3.63) is 69.2 Å². The van der Waals surface area contributed by atoms with Crippen LogP contribution in [0.25, 0.3) is 0 Å². The van der Waals surface area contributed by atoms with E-state index in [0.717, 1.165) is 21.7 Å². The molecule has 0 radical (unpaired) electrons. The van der Waals surface area contributed by atoms with Crippen molar-refractivity contribution in [2.24, 2.45) is 5.84 Å². The van der Waals surface area contributed by atoms with E-state index in [2.05, 4.69) is 21.4 Å². The Morgan fingerprint density at radius 2 is 1.89 bits per heavy atom. The maximum absolute atomic E-state index is 13.9. The van der Waals surface area contributed by atoms with E-state index in [-0.39, 0.29) is 0 Å². The summed E-state index contributed by atoms with van der Waals surface area (Å²) in [6.07, 6.45) is 0. The molecule has 0 aromatic heterocycles. The van der Waals surface area contributed by atoms with Gasteiger partial charge in [-0.2, -0.15) is 0 Å². The molecule has 100 valence electrons. The van der Waals surface area contributed by atoms with E-state index in [1.807, 2.05) is 25.1 Å². The predicted molar refractivity (Wildman–Crippen MR) is 74.4 cm³/mol. The molecule has 1 atom stereocenters. The lowest BCUT2D eigenvalue weighted by Gasteiger charge is -2.20. The molecule has 2 rings (SSSR count). The Bertz CT molecular complexity index is 602. The minimum atomic E-state index is -0.628. The SMILES string of the molecule is Cc1cccc(C(NN)c2ccc(F)cc2F)c1Br. The lowest BCUT2D eigenvalue weighted by molar-refractivity contribution is 0.540. The quantitative estimate of drug-likeness (QED) is 0.668. The number of hydrazine groups is 1. The minimum absolute atomic E-state index is 0.301. The van der Waals surface area contributed by atoms with Crippen LogP contribution >= 0.6 is 15.9 Å². The van der Waals surface area contributed by atoms with Gasteiger partial charge in [0, 0.05) is 16.1 Å². The van der Waals surface area contributed by atoms with Crippen LogP contribution in [0.3, 0.4) is 0 Å². The van der Waals surface area contributed by atoms with Gasteiger partial charge in [0.15, 0.2) is 0 Å². The third-order valence-electron chi connectivity index (χ3n) is 2.97. The summed E-state index contributed by atoms with van der Waals surface area (Å²) in [7, 11) is 0. The highest BCUT2D eigenvalue weighted by molar-refractivity contribution is 9.10. The fourth-order valence-corrected chi connectivity index (χ4v) is 2.47. The number of benzene rings is 2. The van der Waals surface area contributed by atoms with Gasteiger partial charge in [-0.05, 0) is 24.1 Å². The smallest absolute Gasteiger partial charge is 0.131 e. The molecule has 0 bridgehead atoms. The van der Waals surface area contributed by atoms with Crippen LogP contribution in [-0.2, 0) is 0 Å². The molecule has 3 N–H and O–H groups in total. The number of nitrogens with two attached hydrogens (primary N) is 1. The lowest BCUT2D eigenvalue weighted by Crippen LogP contribution is -2.30. The molecule has 0 fully saturated rings. The van der Waals surface area contributed by atoms with Gasteiger partial charge < -0.3 is 0 Å². The molecule has 0 saturated carbocycles. The van der Waals surface area contributed by atoms with Crippen LogP contribution in [0.5, 0.6) is 0 Å². The van der Waals surface area contributed by atoms with Crippen molar-refractivity contribution < 1.29 is 8.78 Å². The van der Waals surface area contributed by atoms with E-state index in [0.29, 0.717) is 5.56 Å². The Balaban J connectivity index is 2.53. The first-order valence-electron chi connectivity index (χ1n) is 5.70. The minimum Gasteiger partial charge on any atom is -0.271 e. The van der Waals surface area contributed by atoms with Crippen molar-refractivity contribution in [2.45, 2.75) is 13.0 Å². The van der Waals surface area contributed by atoms with Gasteiger partial charge in [-0.1, -0.05) is 40.2 Å². The first kappa shape index (κ1) is 14.1. The van der Waals surface area contributed by atoms with E-state index in [4.69, 9.17) is 5.84 Å². The van der Waals surface area contributed by atoms with E-state index < -0.39 is 17.7 Å². The molecule has 0 spiro atoms. The van der Waals surface area contributed by atoms with Crippen LogP contribution in [0.2, 0.25) is 0 Å². The second kappa shape index (κ2) is 5.77. The first-order valence-corrected chi connectivity index (χ1v) is 6.50. The Morgan fingerprint density at radius 3 is 2.53 bits per heavy atom. The molecule has 0 aliphatic rings. The predicted octanol–water partition coefficient (Wildman–Crippen LogP) is 3.59. The molecular formula is C14H13BrF2N2. The molecule has 0 heterocycles. The van der Waals surface area contributed by atoms with Gasteiger partial charge in [-0.3, -0.25) is 5.84 Å². The lowest BCUT2D eigenvalue weighted by atomic mass is 9.97. The summed E-state index contributed by atoms with van der Waals surface area (Å²) in [4.78, 5) is 0. The van der Waals surface area contributed by atoms with Gasteiger partial charge in [0.2, 0.25) is 0 Å². The second-order valence-electron chi connectivity index (χ2n) is 4.24. The summed E-state index contributed by atoms with van der Waals surface area (Å²) in [6, 6.07) is 8.54. The Morgan fingerprint density at radius 1 is 1.16 bits per heavy atom. The molecule has 5 heteroatoms. The van der Waals surface area contributed by atoms with Crippen molar-refractivity contribution in [2.75, 3.05) is 0 Å². The molecule has 2 aromatic carbocycles. The van der Waals surface area contributed by atoms with Gasteiger partial charge in [-0.25, -0.2) is 14.2 Å². The largest absolute Gasteiger partial charge is 0.271 e. The summed E-state index contributed by atoms with van der Waals surface area (Å²) in [5.41, 5.74) is 4.68. The van der Waals surface area contributed by atoms with Crippen LogP contribution in [0.15, 0.2) is 40.9 Å². The standard InChI is InChI=1S/C14H13BrF2N2/c1-8-3-2-4-11(13(8)15)14(19-18)10-6-5-9(16)7-12(10)17/h2-7,14,19H,18H2,1H3. The van der Waals surface area contributed by atoms with Crippen LogP contribution in [0.4, 0.5) is 8.78 Å². The highest BCUT2D eigenvalue weighted by Gasteiger charge is 2.19. The van der Waals surface area contributed by atoms with Crippen LogP contribution in [-0.4, -0.2) is 0 Å². The van der Waals surface area contributed by atoms with Crippen LogP contribution in [0, 0.1) is 18.6 Å². The molecule has 0 saturated heterocycles. The van der Waals surface area contributed by atoms with Crippen LogP contribution in [0.1, 0.15) is 22.7 Å². The van der Waals surface area contributed by atoms with Gasteiger partial charge in [0.05, 0.1) is 6.04 Å². The maximum Gasteiger partial charge on any atom is 0.131 e. The summed E-state index contributed by atoms with van der Waals surface area (Å²) in [5.74, 6) is 4.29. The molecule has 0 aliphatic carbocycles. The number of aryl methyl sites for hydroxylation is 1. The van der Waals surface area contributed by atoms with Gasteiger partial charge >= 0.3 is 0 Å². The average Bonchev–Trinajstić information content (AvgIpc) is 2.37. The molecule has 1 unspecified atom stereocenters. The number of nitrogens with one attached hydrogen (secondary N) is 1. The zero-order valence-corrected chi connectivity index (χ0v) is 11.8.